The molecule has 23 heavy (non-hydrogen) atoms. The van der Waals surface area contributed by atoms with Crippen molar-refractivity contribution >= 4 is 17.7 Å². The highest BCUT2D eigenvalue weighted by molar-refractivity contribution is 5.96. The number of aliphatic carboxylic acids is 1. The molecule has 0 saturated carbocycles. The summed E-state index contributed by atoms with van der Waals surface area (Å²) in [5, 5.41) is 9.11. The normalized spacial score (nSPS) is 11.7. The Bertz CT molecular complexity index is 691. The van der Waals surface area contributed by atoms with E-state index in [1.807, 2.05) is 30.3 Å². The Morgan fingerprint density at radius 1 is 1.22 bits per heavy atom. The monoisotopic (exact) mass is 314 g/mol. The summed E-state index contributed by atoms with van der Waals surface area (Å²) in [7, 11) is 0. The molecule has 0 bridgehead atoms. The maximum absolute atomic E-state index is 12.7. The number of hydrogen-bond donors (Lipinski definition) is 2. The third-order valence-corrected chi connectivity index (χ3v) is 3.35. The van der Waals surface area contributed by atoms with Gasteiger partial charge in [-0.15, -0.1) is 0 Å². The molecule has 2 aromatic rings. The van der Waals surface area contributed by atoms with Crippen LogP contribution in [-0.4, -0.2) is 38.4 Å². The van der Waals surface area contributed by atoms with Crippen molar-refractivity contribution in [3.63, 3.8) is 0 Å². The number of carboxylic acid groups (broad SMARTS) is 1. The van der Waals surface area contributed by atoms with Gasteiger partial charge in [0.05, 0.1) is 5.92 Å². The molecule has 0 radical (unpaired) electrons. The first-order chi connectivity index (χ1) is 11.0. The lowest BCUT2D eigenvalue weighted by Gasteiger charge is -2.24. The summed E-state index contributed by atoms with van der Waals surface area (Å²) in [5.74, 6) is -2.09. The van der Waals surface area contributed by atoms with Gasteiger partial charge in [-0.05, 0) is 5.56 Å². The first-order valence-electron chi connectivity index (χ1n) is 7.11. The summed E-state index contributed by atoms with van der Waals surface area (Å²) in [4.78, 5) is 33.0. The molecule has 1 atom stereocenters. The fourth-order valence-corrected chi connectivity index (χ4v) is 2.10. The van der Waals surface area contributed by atoms with E-state index in [4.69, 9.17) is 10.8 Å². The molecule has 3 N–H and O–H groups in total. The van der Waals surface area contributed by atoms with E-state index >= 15 is 0 Å². The van der Waals surface area contributed by atoms with Gasteiger partial charge in [0.15, 0.2) is 11.5 Å². The van der Waals surface area contributed by atoms with Gasteiger partial charge in [0.25, 0.3) is 5.91 Å². The summed E-state index contributed by atoms with van der Waals surface area (Å²) in [6, 6.07) is 9.32. The number of carbonyl (C=O) groups excluding carboxylic acids is 1. The lowest BCUT2D eigenvalue weighted by Crippen LogP contribution is -2.37. The standard InChI is InChI=1S/C16H18N4O3/c1-11(16(22)23)9-20(10-12-5-3-2-4-6-12)15(21)13-14(17)19-8-7-18-13/h2-8,11H,9-10H2,1H3,(H2,17,19)(H,22,23)/t11-/m1/s1. The fraction of sp³-hybridized carbons (Fsp3) is 0.250. The van der Waals surface area contributed by atoms with Gasteiger partial charge in [0, 0.05) is 25.5 Å². The number of benzene rings is 1. The molecular formula is C16H18N4O3. The number of carbonyl (C=O) groups is 2. The Kier molecular flexibility index (Phi) is 5.24. The summed E-state index contributed by atoms with van der Waals surface area (Å²) in [6.07, 6.45) is 2.78. The molecule has 0 spiro atoms. The van der Waals surface area contributed by atoms with Crippen molar-refractivity contribution in [1.29, 1.82) is 0 Å². The zero-order chi connectivity index (χ0) is 16.8. The second-order valence-corrected chi connectivity index (χ2v) is 5.20. The predicted octanol–water partition coefficient (Wildman–Crippen LogP) is 1.42. The van der Waals surface area contributed by atoms with Crippen LogP contribution >= 0.6 is 0 Å². The second-order valence-electron chi connectivity index (χ2n) is 5.20. The molecule has 0 saturated heterocycles. The molecule has 1 heterocycles. The Balaban J connectivity index is 2.27. The summed E-state index contributed by atoms with van der Waals surface area (Å²) < 4.78 is 0. The van der Waals surface area contributed by atoms with E-state index in [-0.39, 0.29) is 24.6 Å². The maximum atomic E-state index is 12.7. The van der Waals surface area contributed by atoms with Crippen molar-refractivity contribution in [3.8, 4) is 0 Å². The summed E-state index contributed by atoms with van der Waals surface area (Å²) >= 11 is 0. The van der Waals surface area contributed by atoms with E-state index in [1.54, 1.807) is 6.92 Å². The molecule has 1 amide bonds. The van der Waals surface area contributed by atoms with Crippen LogP contribution in [0.25, 0.3) is 0 Å². The van der Waals surface area contributed by atoms with Crippen molar-refractivity contribution < 1.29 is 14.7 Å². The van der Waals surface area contributed by atoms with E-state index in [2.05, 4.69) is 9.97 Å². The van der Waals surface area contributed by atoms with E-state index in [1.165, 1.54) is 17.3 Å². The number of amides is 1. The van der Waals surface area contributed by atoms with Crippen molar-refractivity contribution in [2.45, 2.75) is 13.5 Å². The van der Waals surface area contributed by atoms with Gasteiger partial charge in [0.2, 0.25) is 0 Å². The van der Waals surface area contributed by atoms with Crippen LogP contribution in [0.4, 0.5) is 5.82 Å². The van der Waals surface area contributed by atoms with Crippen molar-refractivity contribution in [3.05, 3.63) is 54.0 Å². The number of nitrogens with zero attached hydrogens (tertiary/aromatic N) is 3. The van der Waals surface area contributed by atoms with Gasteiger partial charge in [-0.25, -0.2) is 9.97 Å². The van der Waals surface area contributed by atoms with Gasteiger partial charge in [-0.2, -0.15) is 0 Å². The molecule has 1 aromatic heterocycles. The molecular weight excluding hydrogens is 296 g/mol. The number of nitrogen functional groups attached to an aromatic ring is 1. The number of nitrogens with two attached hydrogens (primary N) is 1. The van der Waals surface area contributed by atoms with Crippen LogP contribution in [0.15, 0.2) is 42.7 Å². The Labute approximate surface area is 133 Å². The number of carboxylic acids is 1. The molecule has 1 aromatic carbocycles. The molecule has 120 valence electrons. The van der Waals surface area contributed by atoms with Gasteiger partial charge in [-0.1, -0.05) is 37.3 Å². The largest absolute Gasteiger partial charge is 0.481 e. The van der Waals surface area contributed by atoms with Gasteiger partial charge >= 0.3 is 5.97 Å². The number of hydrogen-bond acceptors (Lipinski definition) is 5. The average Bonchev–Trinajstić information content (AvgIpc) is 2.55. The molecule has 7 nitrogen and oxygen atoms in total. The smallest absolute Gasteiger partial charge is 0.308 e. The SMILES string of the molecule is C[C@H](CN(Cc1ccccc1)C(=O)c1nccnc1N)C(=O)O. The molecule has 2 rings (SSSR count). The quantitative estimate of drug-likeness (QED) is 0.834. The fourth-order valence-electron chi connectivity index (χ4n) is 2.10. The minimum Gasteiger partial charge on any atom is -0.481 e. The van der Waals surface area contributed by atoms with E-state index in [9.17, 15) is 9.59 Å². The minimum absolute atomic E-state index is 0.0264. The number of anilines is 1. The van der Waals surface area contributed by atoms with E-state index in [0.29, 0.717) is 0 Å². The predicted molar refractivity (Wildman–Crippen MR) is 84.4 cm³/mol. The third-order valence-electron chi connectivity index (χ3n) is 3.35. The number of aromatic nitrogens is 2. The van der Waals surface area contributed by atoms with Crippen molar-refractivity contribution in [1.82, 2.24) is 14.9 Å². The highest BCUT2D eigenvalue weighted by atomic mass is 16.4. The molecule has 0 aliphatic heterocycles. The van der Waals surface area contributed by atoms with Crippen LogP contribution in [0.1, 0.15) is 23.0 Å². The molecule has 0 aliphatic carbocycles. The van der Waals surface area contributed by atoms with Gasteiger partial charge in [-0.3, -0.25) is 9.59 Å². The molecule has 0 fully saturated rings. The van der Waals surface area contributed by atoms with E-state index < -0.39 is 17.8 Å². The molecule has 7 heteroatoms. The van der Waals surface area contributed by atoms with Crippen LogP contribution in [0.2, 0.25) is 0 Å². The highest BCUT2D eigenvalue weighted by Crippen LogP contribution is 2.14. The van der Waals surface area contributed by atoms with Crippen LogP contribution in [0, 0.1) is 5.92 Å². The molecule has 0 unspecified atom stereocenters. The zero-order valence-corrected chi connectivity index (χ0v) is 12.7. The topological polar surface area (TPSA) is 109 Å². The Morgan fingerprint density at radius 2 is 1.87 bits per heavy atom. The Hall–Kier alpha value is -2.96. The number of rotatable bonds is 6. The molecule has 0 aliphatic rings. The van der Waals surface area contributed by atoms with Crippen molar-refractivity contribution in [2.75, 3.05) is 12.3 Å². The Morgan fingerprint density at radius 3 is 2.48 bits per heavy atom. The maximum Gasteiger partial charge on any atom is 0.308 e. The zero-order valence-electron chi connectivity index (χ0n) is 12.7. The van der Waals surface area contributed by atoms with Crippen LogP contribution < -0.4 is 5.73 Å². The summed E-state index contributed by atoms with van der Waals surface area (Å²) in [5.41, 5.74) is 6.62. The minimum atomic E-state index is -0.969. The van der Waals surface area contributed by atoms with Crippen LogP contribution in [-0.2, 0) is 11.3 Å². The third kappa shape index (κ3) is 4.26. The lowest BCUT2D eigenvalue weighted by molar-refractivity contribution is -0.141. The second kappa shape index (κ2) is 7.35. The van der Waals surface area contributed by atoms with Gasteiger partial charge < -0.3 is 15.7 Å². The first-order valence-corrected chi connectivity index (χ1v) is 7.11. The van der Waals surface area contributed by atoms with E-state index in [0.717, 1.165) is 5.56 Å². The lowest BCUT2D eigenvalue weighted by atomic mass is 10.1. The van der Waals surface area contributed by atoms with Crippen molar-refractivity contribution in [2.24, 2.45) is 5.92 Å². The van der Waals surface area contributed by atoms with Crippen LogP contribution in [0.3, 0.4) is 0 Å². The van der Waals surface area contributed by atoms with Crippen LogP contribution in [0.5, 0.6) is 0 Å². The van der Waals surface area contributed by atoms with Gasteiger partial charge in [0.1, 0.15) is 0 Å². The average molecular weight is 314 g/mol. The highest BCUT2D eigenvalue weighted by Gasteiger charge is 2.24. The summed E-state index contributed by atoms with van der Waals surface area (Å²) in [6.45, 7) is 1.88. The first kappa shape index (κ1) is 16.4.